The summed E-state index contributed by atoms with van der Waals surface area (Å²) in [6, 6.07) is 9.56. The number of amides is 1. The summed E-state index contributed by atoms with van der Waals surface area (Å²) < 4.78 is 7.80. The summed E-state index contributed by atoms with van der Waals surface area (Å²) in [5, 5.41) is 0. The van der Waals surface area contributed by atoms with E-state index in [2.05, 4.69) is 4.98 Å². The van der Waals surface area contributed by atoms with Gasteiger partial charge < -0.3 is 14.2 Å². The Hall–Kier alpha value is -2.14. The van der Waals surface area contributed by atoms with E-state index in [1.54, 1.807) is 6.20 Å². The van der Waals surface area contributed by atoms with Crippen LogP contribution in [0.15, 0.2) is 42.7 Å². The first-order chi connectivity index (χ1) is 10.7. The minimum Gasteiger partial charge on any atom is -0.370 e. The average molecular weight is 299 g/mol. The second-order valence-electron chi connectivity index (χ2n) is 5.65. The molecule has 0 bridgehead atoms. The van der Waals surface area contributed by atoms with Crippen molar-refractivity contribution in [2.75, 3.05) is 13.1 Å². The van der Waals surface area contributed by atoms with Crippen LogP contribution >= 0.6 is 0 Å². The molecule has 0 spiro atoms. The maximum Gasteiger partial charge on any atom is 0.270 e. The number of likely N-dealkylation sites (tertiary alicyclic amines) is 1. The van der Waals surface area contributed by atoms with Crippen molar-refractivity contribution in [3.63, 3.8) is 0 Å². The summed E-state index contributed by atoms with van der Waals surface area (Å²) >= 11 is 0. The molecule has 1 aliphatic heterocycles. The van der Waals surface area contributed by atoms with Gasteiger partial charge >= 0.3 is 0 Å². The van der Waals surface area contributed by atoms with Crippen molar-refractivity contribution < 1.29 is 9.53 Å². The number of ether oxygens (including phenoxy) is 1. The van der Waals surface area contributed by atoms with E-state index in [0.29, 0.717) is 13.2 Å². The molecule has 1 aliphatic rings. The molecule has 1 atom stereocenters. The van der Waals surface area contributed by atoms with Crippen LogP contribution in [-0.4, -0.2) is 39.6 Å². The third kappa shape index (κ3) is 3.36. The van der Waals surface area contributed by atoms with E-state index < -0.39 is 0 Å². The molecule has 2 aromatic rings. The van der Waals surface area contributed by atoms with E-state index in [1.165, 1.54) is 0 Å². The number of nitrogens with zero attached hydrogens (tertiary/aromatic N) is 3. The van der Waals surface area contributed by atoms with Gasteiger partial charge in [-0.3, -0.25) is 9.78 Å². The SMILES string of the molecule is Cn1cccc1C(=O)N1CCC[C@H](OCc2ccccn2)C1. The summed E-state index contributed by atoms with van der Waals surface area (Å²) in [6.45, 7) is 1.95. The molecule has 1 amide bonds. The Morgan fingerprint density at radius 1 is 1.36 bits per heavy atom. The zero-order valence-electron chi connectivity index (χ0n) is 12.8. The van der Waals surface area contributed by atoms with Gasteiger partial charge in [-0.1, -0.05) is 6.07 Å². The third-order valence-electron chi connectivity index (χ3n) is 4.02. The van der Waals surface area contributed by atoms with Crippen LogP contribution in [0.5, 0.6) is 0 Å². The molecule has 5 nitrogen and oxygen atoms in total. The number of carbonyl (C=O) groups excluding carboxylic acids is 1. The van der Waals surface area contributed by atoms with Gasteiger partial charge in [-0.25, -0.2) is 0 Å². The molecule has 3 rings (SSSR count). The van der Waals surface area contributed by atoms with Crippen LogP contribution in [0.1, 0.15) is 29.0 Å². The lowest BCUT2D eigenvalue weighted by Gasteiger charge is -2.32. The van der Waals surface area contributed by atoms with E-state index in [4.69, 9.17) is 4.74 Å². The van der Waals surface area contributed by atoms with E-state index in [1.807, 2.05) is 53.0 Å². The van der Waals surface area contributed by atoms with Crippen LogP contribution in [0, 0.1) is 0 Å². The van der Waals surface area contributed by atoms with E-state index >= 15 is 0 Å². The predicted molar refractivity (Wildman–Crippen MR) is 83.4 cm³/mol. The third-order valence-corrected chi connectivity index (χ3v) is 4.02. The first-order valence-corrected chi connectivity index (χ1v) is 7.66. The maximum absolute atomic E-state index is 12.5. The van der Waals surface area contributed by atoms with Gasteiger partial charge in [0.25, 0.3) is 5.91 Å². The summed E-state index contributed by atoms with van der Waals surface area (Å²) in [7, 11) is 1.90. The molecule has 0 saturated carbocycles. The lowest BCUT2D eigenvalue weighted by Crippen LogP contribution is -2.43. The van der Waals surface area contributed by atoms with Crippen LogP contribution in [-0.2, 0) is 18.4 Å². The molecule has 0 radical (unpaired) electrons. The van der Waals surface area contributed by atoms with Crippen LogP contribution < -0.4 is 0 Å². The van der Waals surface area contributed by atoms with E-state index in [-0.39, 0.29) is 12.0 Å². The van der Waals surface area contributed by atoms with Crippen LogP contribution in [0.4, 0.5) is 0 Å². The monoisotopic (exact) mass is 299 g/mol. The van der Waals surface area contributed by atoms with Crippen molar-refractivity contribution in [1.82, 2.24) is 14.5 Å². The molecule has 22 heavy (non-hydrogen) atoms. The highest BCUT2D eigenvalue weighted by Crippen LogP contribution is 2.17. The molecular formula is C17H21N3O2. The normalized spacial score (nSPS) is 18.4. The van der Waals surface area contributed by atoms with Crippen molar-refractivity contribution in [1.29, 1.82) is 0 Å². The van der Waals surface area contributed by atoms with Crippen molar-refractivity contribution in [2.24, 2.45) is 7.05 Å². The van der Waals surface area contributed by atoms with Gasteiger partial charge in [0, 0.05) is 32.5 Å². The number of aromatic nitrogens is 2. The van der Waals surface area contributed by atoms with Crippen molar-refractivity contribution in [3.8, 4) is 0 Å². The number of carbonyl (C=O) groups is 1. The Labute approximate surface area is 130 Å². The molecule has 1 saturated heterocycles. The Kier molecular flexibility index (Phi) is 4.53. The van der Waals surface area contributed by atoms with Gasteiger partial charge in [-0.15, -0.1) is 0 Å². The zero-order valence-corrected chi connectivity index (χ0v) is 12.8. The summed E-state index contributed by atoms with van der Waals surface area (Å²) in [6.07, 6.45) is 5.71. The fourth-order valence-electron chi connectivity index (χ4n) is 2.79. The molecule has 116 valence electrons. The topological polar surface area (TPSA) is 47.4 Å². The summed E-state index contributed by atoms with van der Waals surface area (Å²) in [5.41, 5.74) is 1.65. The molecule has 0 aromatic carbocycles. The van der Waals surface area contributed by atoms with E-state index in [9.17, 15) is 4.79 Å². The Morgan fingerprint density at radius 3 is 3.00 bits per heavy atom. The smallest absolute Gasteiger partial charge is 0.270 e. The molecule has 5 heteroatoms. The summed E-state index contributed by atoms with van der Waals surface area (Å²) in [5.74, 6) is 0.0821. The lowest BCUT2D eigenvalue weighted by atomic mass is 10.1. The molecule has 3 heterocycles. The average Bonchev–Trinajstić information content (AvgIpc) is 2.99. The van der Waals surface area contributed by atoms with Gasteiger partial charge in [-0.05, 0) is 37.1 Å². The quantitative estimate of drug-likeness (QED) is 0.870. The van der Waals surface area contributed by atoms with Crippen LogP contribution in [0.2, 0.25) is 0 Å². The Morgan fingerprint density at radius 2 is 2.27 bits per heavy atom. The molecule has 0 unspecified atom stereocenters. The van der Waals surface area contributed by atoms with Gasteiger partial charge in [-0.2, -0.15) is 0 Å². The van der Waals surface area contributed by atoms with Gasteiger partial charge in [0.15, 0.2) is 0 Å². The molecule has 2 aromatic heterocycles. The highest BCUT2D eigenvalue weighted by atomic mass is 16.5. The van der Waals surface area contributed by atoms with Gasteiger partial charge in [0.2, 0.25) is 0 Å². The standard InChI is InChI=1S/C17H21N3O2/c1-19-10-5-8-16(19)17(21)20-11-4-7-15(12-20)22-13-14-6-2-3-9-18-14/h2-3,5-6,8-10,15H,4,7,11-13H2,1H3/t15-/m0/s1. The number of rotatable bonds is 4. The number of pyridine rings is 1. The second-order valence-corrected chi connectivity index (χ2v) is 5.65. The van der Waals surface area contributed by atoms with Crippen LogP contribution in [0.25, 0.3) is 0 Å². The van der Waals surface area contributed by atoms with Crippen molar-refractivity contribution in [2.45, 2.75) is 25.6 Å². The fraction of sp³-hybridized carbons (Fsp3) is 0.412. The first kappa shape index (κ1) is 14.8. The minimum atomic E-state index is 0.0821. The molecule has 0 aliphatic carbocycles. The number of aryl methyl sites for hydroxylation is 1. The predicted octanol–water partition coefficient (Wildman–Crippen LogP) is 2.24. The summed E-state index contributed by atoms with van der Waals surface area (Å²) in [4.78, 5) is 18.7. The zero-order chi connectivity index (χ0) is 15.4. The van der Waals surface area contributed by atoms with Crippen molar-refractivity contribution in [3.05, 3.63) is 54.1 Å². The molecule has 1 fully saturated rings. The largest absolute Gasteiger partial charge is 0.370 e. The number of hydrogen-bond acceptors (Lipinski definition) is 3. The molecular weight excluding hydrogens is 278 g/mol. The Bertz CT molecular complexity index is 624. The highest BCUT2D eigenvalue weighted by molar-refractivity contribution is 5.92. The number of hydrogen-bond donors (Lipinski definition) is 0. The second kappa shape index (κ2) is 6.75. The minimum absolute atomic E-state index is 0.0821. The lowest BCUT2D eigenvalue weighted by molar-refractivity contribution is -0.00810. The maximum atomic E-state index is 12.5. The van der Waals surface area contributed by atoms with Gasteiger partial charge in [0.1, 0.15) is 5.69 Å². The first-order valence-electron chi connectivity index (χ1n) is 7.66. The highest BCUT2D eigenvalue weighted by Gasteiger charge is 2.26. The van der Waals surface area contributed by atoms with E-state index in [0.717, 1.165) is 30.8 Å². The van der Waals surface area contributed by atoms with Gasteiger partial charge in [0.05, 0.1) is 18.4 Å². The number of piperidine rings is 1. The molecule has 0 N–H and O–H groups in total. The van der Waals surface area contributed by atoms with Crippen molar-refractivity contribution >= 4 is 5.91 Å². The van der Waals surface area contributed by atoms with Crippen LogP contribution in [0.3, 0.4) is 0 Å². The Balaban J connectivity index is 1.57. The fourth-order valence-corrected chi connectivity index (χ4v) is 2.79.